The van der Waals surface area contributed by atoms with Gasteiger partial charge in [0.25, 0.3) is 5.96 Å². The number of aromatic amines is 1. The molecule has 19 heavy (non-hydrogen) atoms. The Morgan fingerprint density at radius 1 is 1.58 bits per heavy atom. The van der Waals surface area contributed by atoms with Gasteiger partial charge in [0, 0.05) is 18.1 Å². The number of hydrazone groups is 1. The normalized spacial score (nSPS) is 19.2. The molecule has 104 valence electrons. The molecule has 2 rings (SSSR count). The number of rotatable bonds is 3. The van der Waals surface area contributed by atoms with Crippen LogP contribution in [0.4, 0.5) is 0 Å². The van der Waals surface area contributed by atoms with Crippen LogP contribution in [0.25, 0.3) is 0 Å². The molecule has 1 fully saturated rings. The Morgan fingerprint density at radius 2 is 2.32 bits per heavy atom. The van der Waals surface area contributed by atoms with Crippen LogP contribution in [0.5, 0.6) is 0 Å². The molecule has 10 heteroatoms. The SMILES string of the molecule is CN1CN(C)/C(=N\[N+](=O)[O-])N(Cc2c[nH]c(=S)s2)C1. The van der Waals surface area contributed by atoms with Gasteiger partial charge >= 0.3 is 0 Å². The van der Waals surface area contributed by atoms with Gasteiger partial charge in [-0.1, -0.05) is 0 Å². The number of nitro groups is 1. The number of thiazole rings is 1. The molecule has 2 heterocycles. The van der Waals surface area contributed by atoms with Crippen molar-refractivity contribution < 1.29 is 5.03 Å². The maximum Gasteiger partial charge on any atom is 0.276 e. The molecule has 0 bridgehead atoms. The van der Waals surface area contributed by atoms with Crippen LogP contribution >= 0.6 is 23.6 Å². The van der Waals surface area contributed by atoms with Crippen LogP contribution in [-0.2, 0) is 6.54 Å². The van der Waals surface area contributed by atoms with Gasteiger partial charge in [0.2, 0.25) is 0 Å². The maximum atomic E-state index is 10.6. The summed E-state index contributed by atoms with van der Waals surface area (Å²) in [6, 6.07) is 0. The lowest BCUT2D eigenvalue weighted by atomic mass is 10.4. The number of hydrogen-bond acceptors (Lipinski definition) is 5. The van der Waals surface area contributed by atoms with E-state index in [2.05, 4.69) is 10.1 Å². The molecule has 8 nitrogen and oxygen atoms in total. The summed E-state index contributed by atoms with van der Waals surface area (Å²) < 4.78 is 0.696. The van der Waals surface area contributed by atoms with Gasteiger partial charge in [-0.15, -0.1) is 11.3 Å². The van der Waals surface area contributed by atoms with E-state index in [0.717, 1.165) is 4.88 Å². The van der Waals surface area contributed by atoms with Gasteiger partial charge < -0.3 is 14.8 Å². The lowest BCUT2D eigenvalue weighted by molar-refractivity contribution is -0.486. The lowest BCUT2D eigenvalue weighted by Crippen LogP contribution is -2.55. The number of nitrogens with one attached hydrogen (secondary N) is 1. The summed E-state index contributed by atoms with van der Waals surface area (Å²) >= 11 is 6.49. The largest absolute Gasteiger partial charge is 0.343 e. The van der Waals surface area contributed by atoms with Gasteiger partial charge in [0.05, 0.1) is 19.9 Å². The van der Waals surface area contributed by atoms with E-state index in [9.17, 15) is 10.1 Å². The molecule has 0 unspecified atom stereocenters. The molecule has 0 radical (unpaired) electrons. The molecule has 1 N–H and O–H groups in total. The predicted octanol–water partition coefficient (Wildman–Crippen LogP) is 0.948. The second-order valence-electron chi connectivity index (χ2n) is 4.32. The summed E-state index contributed by atoms with van der Waals surface area (Å²) in [5, 5.41) is 13.4. The highest BCUT2D eigenvalue weighted by atomic mass is 32.1. The Hall–Kier alpha value is -1.52. The first-order chi connectivity index (χ1) is 8.95. The van der Waals surface area contributed by atoms with E-state index in [1.54, 1.807) is 11.9 Å². The monoisotopic (exact) mass is 302 g/mol. The molecule has 1 aromatic heterocycles. The molecule has 0 spiro atoms. The minimum atomic E-state index is -0.663. The smallest absolute Gasteiger partial charge is 0.276 e. The Balaban J connectivity index is 2.22. The highest BCUT2D eigenvalue weighted by Crippen LogP contribution is 2.16. The second kappa shape index (κ2) is 5.63. The molecule has 0 atom stereocenters. The molecule has 1 saturated heterocycles. The zero-order chi connectivity index (χ0) is 14.0. The molecule has 1 aromatic rings. The predicted molar refractivity (Wildman–Crippen MR) is 74.7 cm³/mol. The average Bonchev–Trinajstić information content (AvgIpc) is 2.69. The number of hydrogen-bond donors (Lipinski definition) is 1. The fourth-order valence-corrected chi connectivity index (χ4v) is 3.06. The van der Waals surface area contributed by atoms with Gasteiger partial charge in [-0.2, -0.15) is 0 Å². The number of guanidine groups is 1. The zero-order valence-electron chi connectivity index (χ0n) is 10.6. The van der Waals surface area contributed by atoms with Gasteiger partial charge in [0.1, 0.15) is 5.10 Å². The Kier molecular flexibility index (Phi) is 4.12. The quantitative estimate of drug-likeness (QED) is 0.508. The van der Waals surface area contributed by atoms with Gasteiger partial charge in [-0.3, -0.25) is 4.90 Å². The molecule has 0 aromatic carbocycles. The molecular formula is C9H14N6O2S2. The van der Waals surface area contributed by atoms with Gasteiger partial charge in [-0.25, -0.2) is 10.1 Å². The fourth-order valence-electron chi connectivity index (χ4n) is 1.98. The molecule has 1 aliphatic rings. The van der Waals surface area contributed by atoms with Crippen LogP contribution in [0.1, 0.15) is 4.88 Å². The third-order valence-electron chi connectivity index (χ3n) is 2.58. The fraction of sp³-hybridized carbons (Fsp3) is 0.556. The lowest BCUT2D eigenvalue weighted by Gasteiger charge is -2.39. The third kappa shape index (κ3) is 3.49. The standard InChI is InChI=1S/C9H14N6O2S2/c1-12-5-13(2)8(11-15(16)17)14(6-12)4-7-3-10-9(18)19-7/h3H,4-6H2,1-2H3,(H,10,18)/b11-8+. The Labute approximate surface area is 119 Å². The molecule has 1 aliphatic heterocycles. The summed E-state index contributed by atoms with van der Waals surface area (Å²) in [6.07, 6.45) is 1.82. The number of aromatic nitrogens is 1. The molecule has 0 aliphatic carbocycles. The zero-order valence-corrected chi connectivity index (χ0v) is 12.2. The van der Waals surface area contributed by atoms with Crippen molar-refractivity contribution in [3.05, 3.63) is 25.1 Å². The first kappa shape index (κ1) is 13.9. The highest BCUT2D eigenvalue weighted by molar-refractivity contribution is 7.73. The van der Waals surface area contributed by atoms with Crippen LogP contribution in [0.2, 0.25) is 0 Å². The van der Waals surface area contributed by atoms with Crippen LogP contribution < -0.4 is 0 Å². The second-order valence-corrected chi connectivity index (χ2v) is 6.12. The van der Waals surface area contributed by atoms with Crippen molar-refractivity contribution in [3.63, 3.8) is 0 Å². The van der Waals surface area contributed by atoms with Crippen molar-refractivity contribution in [2.75, 3.05) is 27.4 Å². The van der Waals surface area contributed by atoms with Crippen molar-refractivity contribution in [1.82, 2.24) is 19.7 Å². The molecule has 0 saturated carbocycles. The first-order valence-electron chi connectivity index (χ1n) is 5.50. The van der Waals surface area contributed by atoms with E-state index in [-0.39, 0.29) is 0 Å². The average molecular weight is 302 g/mol. The Bertz CT molecular complexity index is 553. The summed E-state index contributed by atoms with van der Waals surface area (Å²) in [4.78, 5) is 20.2. The Morgan fingerprint density at radius 3 is 2.89 bits per heavy atom. The van der Waals surface area contributed by atoms with Crippen molar-refractivity contribution >= 4 is 29.5 Å². The van der Waals surface area contributed by atoms with E-state index in [4.69, 9.17) is 12.2 Å². The van der Waals surface area contributed by atoms with Crippen molar-refractivity contribution in [2.24, 2.45) is 5.10 Å². The van der Waals surface area contributed by atoms with E-state index < -0.39 is 5.03 Å². The van der Waals surface area contributed by atoms with Crippen molar-refractivity contribution in [1.29, 1.82) is 0 Å². The number of nitrogens with zero attached hydrogens (tertiary/aromatic N) is 5. The van der Waals surface area contributed by atoms with E-state index in [1.165, 1.54) is 11.3 Å². The van der Waals surface area contributed by atoms with Crippen LogP contribution in [0, 0.1) is 14.1 Å². The van der Waals surface area contributed by atoms with E-state index in [1.807, 2.05) is 23.0 Å². The first-order valence-corrected chi connectivity index (χ1v) is 6.73. The topological polar surface area (TPSA) is 81.0 Å². The summed E-state index contributed by atoms with van der Waals surface area (Å²) in [5.74, 6) is 0.363. The van der Waals surface area contributed by atoms with Crippen LogP contribution in [0.3, 0.4) is 0 Å². The minimum absolute atomic E-state index is 0.363. The molecule has 0 amide bonds. The van der Waals surface area contributed by atoms with Gasteiger partial charge in [-0.05, 0) is 19.3 Å². The summed E-state index contributed by atoms with van der Waals surface area (Å²) in [5.41, 5.74) is 0. The third-order valence-corrected chi connectivity index (χ3v) is 3.76. The summed E-state index contributed by atoms with van der Waals surface area (Å²) in [6.45, 7) is 1.73. The van der Waals surface area contributed by atoms with Gasteiger partial charge in [0.15, 0.2) is 8.99 Å². The minimum Gasteiger partial charge on any atom is -0.343 e. The van der Waals surface area contributed by atoms with Crippen LogP contribution in [0.15, 0.2) is 11.3 Å². The summed E-state index contributed by atoms with van der Waals surface area (Å²) in [7, 11) is 3.73. The van der Waals surface area contributed by atoms with Crippen molar-refractivity contribution in [3.8, 4) is 0 Å². The highest BCUT2D eigenvalue weighted by Gasteiger charge is 2.27. The molecular weight excluding hydrogens is 288 g/mol. The maximum absolute atomic E-state index is 10.6. The number of H-pyrrole nitrogens is 1. The van der Waals surface area contributed by atoms with E-state index in [0.29, 0.717) is 29.8 Å². The van der Waals surface area contributed by atoms with E-state index >= 15 is 0 Å². The van der Waals surface area contributed by atoms with Crippen molar-refractivity contribution in [2.45, 2.75) is 6.54 Å². The van der Waals surface area contributed by atoms with Crippen LogP contribution in [-0.4, -0.2) is 58.1 Å².